The predicted molar refractivity (Wildman–Crippen MR) is 59.0 cm³/mol. The quantitative estimate of drug-likeness (QED) is 0.528. The van der Waals surface area contributed by atoms with E-state index in [-0.39, 0.29) is 5.97 Å². The summed E-state index contributed by atoms with van der Waals surface area (Å²) in [5, 5.41) is 0. The minimum Gasteiger partial charge on any atom is -0.467 e. The highest BCUT2D eigenvalue weighted by Crippen LogP contribution is 2.34. The summed E-state index contributed by atoms with van der Waals surface area (Å²) >= 11 is 0. The van der Waals surface area contributed by atoms with E-state index in [1.807, 2.05) is 6.21 Å². The topological polar surface area (TPSA) is 38.7 Å². The third-order valence-corrected chi connectivity index (χ3v) is 3.40. The summed E-state index contributed by atoms with van der Waals surface area (Å²) in [6.45, 7) is 0. The first kappa shape index (κ1) is 10.7. The van der Waals surface area contributed by atoms with E-state index >= 15 is 0 Å². The Kier molecular flexibility index (Phi) is 3.08. The Labute approximate surface area is 90.9 Å². The van der Waals surface area contributed by atoms with Crippen LogP contribution in [0.4, 0.5) is 0 Å². The van der Waals surface area contributed by atoms with Gasteiger partial charge in [-0.3, -0.25) is 4.99 Å². The summed E-state index contributed by atoms with van der Waals surface area (Å²) in [6.07, 6.45) is 9.60. The molecule has 2 aliphatic rings. The predicted octanol–water partition coefficient (Wildman–Crippen LogP) is 2.34. The maximum Gasteiger partial charge on any atom is 0.333 e. The molecule has 15 heavy (non-hydrogen) atoms. The minimum atomic E-state index is -0.532. The second-order valence-corrected chi connectivity index (χ2v) is 4.70. The molecule has 0 saturated heterocycles. The highest BCUT2D eigenvalue weighted by molar-refractivity contribution is 5.83. The zero-order chi connectivity index (χ0) is 10.7. The number of hydrogen-bond acceptors (Lipinski definition) is 3. The minimum absolute atomic E-state index is 0.140. The van der Waals surface area contributed by atoms with Crippen LogP contribution in [0.1, 0.15) is 44.9 Å². The average molecular weight is 209 g/mol. The standard InChI is InChI=1S/C12H19NO2/c1-15-11(14)12(7-3-2-4-8-12)13-9-10-5-6-10/h9-10H,2-8H2,1H3. The molecule has 0 N–H and O–H groups in total. The molecular formula is C12H19NO2. The van der Waals surface area contributed by atoms with Crippen molar-refractivity contribution in [2.24, 2.45) is 10.9 Å². The highest BCUT2D eigenvalue weighted by atomic mass is 16.5. The van der Waals surface area contributed by atoms with Crippen molar-refractivity contribution in [2.45, 2.75) is 50.5 Å². The molecular weight excluding hydrogens is 190 g/mol. The molecule has 0 bridgehead atoms. The third kappa shape index (κ3) is 2.39. The molecule has 3 nitrogen and oxygen atoms in total. The molecule has 0 aromatic heterocycles. The molecule has 0 radical (unpaired) electrons. The molecule has 0 spiro atoms. The van der Waals surface area contributed by atoms with Crippen molar-refractivity contribution in [3.8, 4) is 0 Å². The van der Waals surface area contributed by atoms with Crippen molar-refractivity contribution < 1.29 is 9.53 Å². The van der Waals surface area contributed by atoms with Gasteiger partial charge in [-0.2, -0.15) is 0 Å². The number of nitrogens with zero attached hydrogens (tertiary/aromatic N) is 1. The lowest BCUT2D eigenvalue weighted by Crippen LogP contribution is -2.40. The van der Waals surface area contributed by atoms with E-state index < -0.39 is 5.54 Å². The molecule has 2 rings (SSSR count). The summed E-state index contributed by atoms with van der Waals surface area (Å²) in [5.41, 5.74) is -0.532. The number of carbonyl (C=O) groups is 1. The largest absolute Gasteiger partial charge is 0.467 e. The van der Waals surface area contributed by atoms with Crippen molar-refractivity contribution in [1.82, 2.24) is 0 Å². The molecule has 84 valence electrons. The maximum atomic E-state index is 11.8. The Bertz CT molecular complexity index is 263. The van der Waals surface area contributed by atoms with E-state index in [0.29, 0.717) is 5.92 Å². The summed E-state index contributed by atoms with van der Waals surface area (Å²) in [4.78, 5) is 16.3. The van der Waals surface area contributed by atoms with Crippen LogP contribution in [-0.4, -0.2) is 24.8 Å². The van der Waals surface area contributed by atoms with Crippen LogP contribution in [0, 0.1) is 5.92 Å². The third-order valence-electron chi connectivity index (χ3n) is 3.40. The van der Waals surface area contributed by atoms with Crippen LogP contribution in [0.15, 0.2) is 4.99 Å². The van der Waals surface area contributed by atoms with Gasteiger partial charge in [-0.1, -0.05) is 19.3 Å². The lowest BCUT2D eigenvalue weighted by atomic mass is 9.82. The van der Waals surface area contributed by atoms with Gasteiger partial charge in [0.05, 0.1) is 7.11 Å². The van der Waals surface area contributed by atoms with Gasteiger partial charge in [-0.25, -0.2) is 4.79 Å². The fourth-order valence-electron chi connectivity index (χ4n) is 2.21. The molecule has 0 amide bonds. The monoisotopic (exact) mass is 209 g/mol. The Morgan fingerprint density at radius 2 is 2.00 bits per heavy atom. The van der Waals surface area contributed by atoms with E-state index in [1.165, 1.54) is 26.4 Å². The van der Waals surface area contributed by atoms with Gasteiger partial charge in [0.2, 0.25) is 0 Å². The molecule has 0 unspecified atom stereocenters. The second-order valence-electron chi connectivity index (χ2n) is 4.70. The van der Waals surface area contributed by atoms with E-state index in [0.717, 1.165) is 25.7 Å². The fraction of sp³-hybridized carbons (Fsp3) is 0.833. The van der Waals surface area contributed by atoms with Crippen LogP contribution in [-0.2, 0) is 9.53 Å². The number of methoxy groups -OCH3 is 1. The lowest BCUT2D eigenvalue weighted by Gasteiger charge is -2.30. The SMILES string of the molecule is COC(=O)C1(N=CC2CC2)CCCCC1. The van der Waals surface area contributed by atoms with Crippen LogP contribution in [0.5, 0.6) is 0 Å². The van der Waals surface area contributed by atoms with E-state index in [4.69, 9.17) is 4.74 Å². The summed E-state index contributed by atoms with van der Waals surface area (Å²) in [7, 11) is 1.46. The van der Waals surface area contributed by atoms with Gasteiger partial charge in [0.25, 0.3) is 0 Å². The van der Waals surface area contributed by atoms with Crippen LogP contribution < -0.4 is 0 Å². The summed E-state index contributed by atoms with van der Waals surface area (Å²) < 4.78 is 4.89. The smallest absolute Gasteiger partial charge is 0.333 e. The zero-order valence-electron chi connectivity index (χ0n) is 9.37. The second kappa shape index (κ2) is 4.33. The zero-order valence-corrected chi connectivity index (χ0v) is 9.37. The van der Waals surface area contributed by atoms with Crippen molar-refractivity contribution in [1.29, 1.82) is 0 Å². The van der Waals surface area contributed by atoms with Crippen molar-refractivity contribution in [2.75, 3.05) is 7.11 Å². The fourth-order valence-corrected chi connectivity index (χ4v) is 2.21. The molecule has 0 aliphatic heterocycles. The van der Waals surface area contributed by atoms with Gasteiger partial charge in [0.15, 0.2) is 5.54 Å². The number of hydrogen-bond donors (Lipinski definition) is 0. The Hall–Kier alpha value is -0.860. The van der Waals surface area contributed by atoms with Crippen LogP contribution >= 0.6 is 0 Å². The van der Waals surface area contributed by atoms with Crippen molar-refractivity contribution >= 4 is 12.2 Å². The number of esters is 1. The average Bonchev–Trinajstić information content (AvgIpc) is 3.10. The first-order valence-corrected chi connectivity index (χ1v) is 5.91. The Morgan fingerprint density at radius 3 is 2.53 bits per heavy atom. The Balaban J connectivity index is 2.08. The van der Waals surface area contributed by atoms with Gasteiger partial charge in [-0.15, -0.1) is 0 Å². The Morgan fingerprint density at radius 1 is 1.33 bits per heavy atom. The molecule has 0 heterocycles. The molecule has 2 saturated carbocycles. The number of aliphatic imine (C=N–C) groups is 1. The molecule has 0 atom stereocenters. The van der Waals surface area contributed by atoms with Gasteiger partial charge >= 0.3 is 5.97 Å². The summed E-state index contributed by atoms with van der Waals surface area (Å²) in [6, 6.07) is 0. The van der Waals surface area contributed by atoms with Crippen LogP contribution in [0.25, 0.3) is 0 Å². The van der Waals surface area contributed by atoms with E-state index in [2.05, 4.69) is 4.99 Å². The normalized spacial score (nSPS) is 25.4. The number of carbonyl (C=O) groups excluding carboxylic acids is 1. The molecule has 0 aromatic rings. The van der Waals surface area contributed by atoms with Gasteiger partial charge in [0, 0.05) is 6.21 Å². The molecule has 0 aromatic carbocycles. The summed E-state index contributed by atoms with van der Waals surface area (Å²) in [5.74, 6) is 0.493. The van der Waals surface area contributed by atoms with Crippen molar-refractivity contribution in [3.05, 3.63) is 0 Å². The first-order valence-electron chi connectivity index (χ1n) is 5.91. The molecule has 3 heteroatoms. The van der Waals surface area contributed by atoms with E-state index in [1.54, 1.807) is 0 Å². The highest BCUT2D eigenvalue weighted by Gasteiger charge is 2.40. The first-order chi connectivity index (χ1) is 7.27. The van der Waals surface area contributed by atoms with Gasteiger partial charge < -0.3 is 4.74 Å². The van der Waals surface area contributed by atoms with Gasteiger partial charge in [-0.05, 0) is 31.6 Å². The lowest BCUT2D eigenvalue weighted by molar-refractivity contribution is -0.148. The molecule has 2 aliphatic carbocycles. The van der Waals surface area contributed by atoms with E-state index in [9.17, 15) is 4.79 Å². The molecule has 2 fully saturated rings. The van der Waals surface area contributed by atoms with Crippen LogP contribution in [0.3, 0.4) is 0 Å². The van der Waals surface area contributed by atoms with Crippen LogP contribution in [0.2, 0.25) is 0 Å². The maximum absolute atomic E-state index is 11.8. The number of rotatable bonds is 3. The van der Waals surface area contributed by atoms with Crippen molar-refractivity contribution in [3.63, 3.8) is 0 Å². The number of ether oxygens (including phenoxy) is 1. The van der Waals surface area contributed by atoms with Gasteiger partial charge in [0.1, 0.15) is 0 Å².